The molecular formula is C46H58N6O4. The van der Waals surface area contributed by atoms with Gasteiger partial charge in [-0.1, -0.05) is 48.9 Å². The highest BCUT2D eigenvalue weighted by molar-refractivity contribution is 6.09. The van der Waals surface area contributed by atoms with E-state index in [9.17, 15) is 9.59 Å². The van der Waals surface area contributed by atoms with Crippen LogP contribution in [0.5, 0.6) is 0 Å². The van der Waals surface area contributed by atoms with E-state index in [2.05, 4.69) is 48.2 Å². The molecule has 4 saturated carbocycles. The van der Waals surface area contributed by atoms with Crippen LogP contribution in [0.1, 0.15) is 117 Å². The summed E-state index contributed by atoms with van der Waals surface area (Å²) in [5, 5.41) is 0. The molecule has 0 saturated heterocycles. The third-order valence-electron chi connectivity index (χ3n) is 15.1. The molecule has 4 fully saturated rings. The van der Waals surface area contributed by atoms with E-state index in [0.29, 0.717) is 17.8 Å². The molecule has 2 amide bonds. The van der Waals surface area contributed by atoms with Crippen molar-refractivity contribution in [1.29, 1.82) is 0 Å². The number of likely N-dealkylation sites (N-methyl/N-ethyl adjacent to an activating group) is 2. The minimum absolute atomic E-state index is 0.00641. The normalized spacial score (nSPS) is 34.1. The molecule has 10 heteroatoms. The number of aryl methyl sites for hydroxylation is 1. The average Bonchev–Trinajstić information content (AvgIpc) is 4.15. The molecular weight excluding hydrogens is 701 g/mol. The van der Waals surface area contributed by atoms with Gasteiger partial charge < -0.3 is 20.9 Å². The highest BCUT2D eigenvalue weighted by atomic mass is 16.5. The molecule has 2 heterocycles. The van der Waals surface area contributed by atoms with Crippen LogP contribution in [0.2, 0.25) is 0 Å². The quantitative estimate of drug-likeness (QED) is 0.376. The third kappa shape index (κ3) is 5.74. The monoisotopic (exact) mass is 758 g/mol. The Bertz CT molecular complexity index is 2060. The maximum atomic E-state index is 13.6. The molecule has 6 aliphatic carbocycles. The lowest BCUT2D eigenvalue weighted by molar-refractivity contribution is -0.138. The zero-order chi connectivity index (χ0) is 39.0. The van der Waals surface area contributed by atoms with E-state index in [1.165, 1.54) is 53.7 Å². The number of aliphatic imine (C=N–C) groups is 2. The molecule has 0 radical (unpaired) electrons. The predicted molar refractivity (Wildman–Crippen MR) is 216 cm³/mol. The van der Waals surface area contributed by atoms with Gasteiger partial charge in [0.2, 0.25) is 0 Å². The molecule has 2 aromatic rings. The van der Waals surface area contributed by atoms with E-state index in [4.69, 9.17) is 30.9 Å². The van der Waals surface area contributed by atoms with Gasteiger partial charge in [0, 0.05) is 50.6 Å². The number of amides is 2. The molecule has 2 unspecified atom stereocenters. The number of ether oxygens (including phenoxy) is 2. The molecule has 2 atom stereocenters. The molecule has 0 aromatic heterocycles. The lowest BCUT2D eigenvalue weighted by atomic mass is 9.61. The maximum absolute atomic E-state index is 13.6. The molecule has 2 aliphatic heterocycles. The van der Waals surface area contributed by atoms with Gasteiger partial charge in [-0.25, -0.2) is 9.98 Å². The van der Waals surface area contributed by atoms with E-state index in [0.717, 1.165) is 93.2 Å². The van der Waals surface area contributed by atoms with Gasteiger partial charge in [0.1, 0.15) is 0 Å². The summed E-state index contributed by atoms with van der Waals surface area (Å²) in [6.45, 7) is 0. The first-order chi connectivity index (χ1) is 27.0. The first-order valence-corrected chi connectivity index (χ1v) is 21.1. The van der Waals surface area contributed by atoms with Crippen LogP contribution in [0.15, 0.2) is 46.4 Å². The lowest BCUT2D eigenvalue weighted by Gasteiger charge is -2.45. The fraction of sp³-hybridized carbons (Fsp3) is 0.609. The number of guanidine groups is 2. The van der Waals surface area contributed by atoms with Gasteiger partial charge in [-0.05, 0) is 136 Å². The number of carbonyl (C=O) groups excluding carboxylic acids is 2. The van der Waals surface area contributed by atoms with Crippen molar-refractivity contribution in [2.24, 2.45) is 44.1 Å². The highest BCUT2D eigenvalue weighted by Crippen LogP contribution is 2.63. The Balaban J connectivity index is 0.000000146. The molecule has 296 valence electrons. The Morgan fingerprint density at radius 2 is 1.21 bits per heavy atom. The number of hydrogen-bond donors (Lipinski definition) is 2. The summed E-state index contributed by atoms with van der Waals surface area (Å²) in [6.07, 6.45) is 17.4. The largest absolute Gasteiger partial charge is 0.381 e. The summed E-state index contributed by atoms with van der Waals surface area (Å²) in [5.41, 5.74) is 17.2. The van der Waals surface area contributed by atoms with Crippen molar-refractivity contribution in [3.05, 3.63) is 69.8 Å². The fourth-order valence-electron chi connectivity index (χ4n) is 11.3. The number of hydrogen-bond acceptors (Lipinski definition) is 8. The number of nitrogens with two attached hydrogens (primary N) is 2. The first-order valence-electron chi connectivity index (χ1n) is 21.1. The predicted octanol–water partition coefficient (Wildman–Crippen LogP) is 5.70. The molecule has 8 aliphatic rings. The van der Waals surface area contributed by atoms with Crippen LogP contribution in [-0.2, 0) is 49.4 Å². The fourth-order valence-corrected chi connectivity index (χ4v) is 11.3. The lowest BCUT2D eigenvalue weighted by Crippen LogP contribution is -2.51. The van der Waals surface area contributed by atoms with Crippen LogP contribution in [0.25, 0.3) is 0 Å². The minimum atomic E-state index is -0.906. The number of carbonyl (C=O) groups is 2. The summed E-state index contributed by atoms with van der Waals surface area (Å²) in [5.74, 6) is 8.84. The van der Waals surface area contributed by atoms with Crippen LogP contribution in [0.3, 0.4) is 0 Å². The standard InChI is InChI=1S/C23H31N3O2.C23H27N3O2/c2*1-26-20(27)23(25-21(26)24)19-13-16(6-5-15-3-4-15)7-8-17(19)14-22(23)11-9-18(28-2)10-12-22/h7-8,13,15,18H,3-6,9-12,14H2,1-2H3,(H2,24,25);7-8,13,15,18H,3-4,9-12,14H2,1-2H3,(H2,24,25). The van der Waals surface area contributed by atoms with Crippen LogP contribution in [0.4, 0.5) is 0 Å². The van der Waals surface area contributed by atoms with Crippen molar-refractivity contribution in [2.45, 2.75) is 126 Å². The van der Waals surface area contributed by atoms with E-state index in [1.54, 1.807) is 33.2 Å². The Kier molecular flexibility index (Phi) is 9.16. The van der Waals surface area contributed by atoms with E-state index in [1.807, 2.05) is 0 Å². The third-order valence-corrected chi connectivity index (χ3v) is 15.1. The zero-order valence-electron chi connectivity index (χ0n) is 33.7. The van der Waals surface area contributed by atoms with E-state index >= 15 is 0 Å². The number of nitrogens with zero attached hydrogens (tertiary/aromatic N) is 4. The van der Waals surface area contributed by atoms with Crippen molar-refractivity contribution < 1.29 is 19.1 Å². The minimum Gasteiger partial charge on any atom is -0.381 e. The van der Waals surface area contributed by atoms with Crippen molar-refractivity contribution in [2.75, 3.05) is 28.3 Å². The Hall–Kier alpha value is -4.20. The summed E-state index contributed by atoms with van der Waals surface area (Å²) in [7, 11) is 7.06. The van der Waals surface area contributed by atoms with Crippen molar-refractivity contribution >= 4 is 23.7 Å². The summed E-state index contributed by atoms with van der Waals surface area (Å²) in [6, 6.07) is 13.2. The topological polar surface area (TPSA) is 136 Å². The number of methoxy groups -OCH3 is 2. The van der Waals surface area contributed by atoms with Gasteiger partial charge in [-0.3, -0.25) is 19.4 Å². The van der Waals surface area contributed by atoms with Gasteiger partial charge in [0.25, 0.3) is 11.8 Å². The molecule has 4 spiro atoms. The Morgan fingerprint density at radius 3 is 1.66 bits per heavy atom. The van der Waals surface area contributed by atoms with Crippen LogP contribution in [0, 0.1) is 34.5 Å². The molecule has 56 heavy (non-hydrogen) atoms. The van der Waals surface area contributed by atoms with Crippen molar-refractivity contribution in [1.82, 2.24) is 9.80 Å². The second-order valence-corrected chi connectivity index (χ2v) is 18.3. The van der Waals surface area contributed by atoms with Gasteiger partial charge in [-0.15, -0.1) is 0 Å². The second kappa shape index (κ2) is 13.7. The van der Waals surface area contributed by atoms with Gasteiger partial charge in [0.15, 0.2) is 23.0 Å². The van der Waals surface area contributed by atoms with Crippen LogP contribution >= 0.6 is 0 Å². The van der Waals surface area contributed by atoms with Gasteiger partial charge in [-0.2, -0.15) is 0 Å². The molecule has 10 rings (SSSR count). The summed E-state index contributed by atoms with van der Waals surface area (Å²) < 4.78 is 11.2. The van der Waals surface area contributed by atoms with Crippen LogP contribution < -0.4 is 11.5 Å². The van der Waals surface area contributed by atoms with Gasteiger partial charge >= 0.3 is 0 Å². The SMILES string of the molecule is COC1CCC2(CC1)Cc1ccc(C#CC3CC3)cc1C21N=C(N)N(C)C1=O.COC1CCC2(CC1)Cc1ccc(CCC3CC3)cc1C21N=C(N)N(C)C1=O. The van der Waals surface area contributed by atoms with E-state index in [-0.39, 0.29) is 34.9 Å². The molecule has 10 nitrogen and oxygen atoms in total. The van der Waals surface area contributed by atoms with Crippen LogP contribution in [-0.4, -0.2) is 74.1 Å². The number of rotatable bonds is 5. The van der Waals surface area contributed by atoms with Crippen molar-refractivity contribution in [3.63, 3.8) is 0 Å². The molecule has 0 bridgehead atoms. The summed E-state index contributed by atoms with van der Waals surface area (Å²) in [4.78, 5) is 40.1. The number of benzene rings is 2. The zero-order valence-corrected chi connectivity index (χ0v) is 33.7. The first kappa shape index (κ1) is 37.4. The average molecular weight is 759 g/mol. The smallest absolute Gasteiger partial charge is 0.262 e. The Morgan fingerprint density at radius 1 is 0.714 bits per heavy atom. The Labute approximate surface area is 331 Å². The maximum Gasteiger partial charge on any atom is 0.262 e. The van der Waals surface area contributed by atoms with Crippen molar-refractivity contribution in [3.8, 4) is 11.8 Å². The molecule has 2 aromatic carbocycles. The number of fused-ring (bicyclic) bond motifs is 6. The highest BCUT2D eigenvalue weighted by Gasteiger charge is 2.67. The van der Waals surface area contributed by atoms with Gasteiger partial charge in [0.05, 0.1) is 12.2 Å². The van der Waals surface area contributed by atoms with E-state index < -0.39 is 11.1 Å². The second-order valence-electron chi connectivity index (χ2n) is 18.3. The molecule has 4 N–H and O–H groups in total. The summed E-state index contributed by atoms with van der Waals surface area (Å²) >= 11 is 0.